The smallest absolute Gasteiger partial charge is 0.135 e. The van der Waals surface area contributed by atoms with Crippen molar-refractivity contribution in [3.05, 3.63) is 83.6 Å². The third-order valence-corrected chi connectivity index (χ3v) is 4.03. The molecule has 0 saturated carbocycles. The van der Waals surface area contributed by atoms with Crippen molar-refractivity contribution >= 4 is 11.3 Å². The maximum Gasteiger partial charge on any atom is 0.135 e. The van der Waals surface area contributed by atoms with Gasteiger partial charge < -0.3 is 5.32 Å². The van der Waals surface area contributed by atoms with E-state index < -0.39 is 11.6 Å². The van der Waals surface area contributed by atoms with Crippen LogP contribution in [0.15, 0.2) is 60.8 Å². The highest BCUT2D eigenvalue weighted by molar-refractivity contribution is 5.92. The van der Waals surface area contributed by atoms with Crippen LogP contribution in [-0.2, 0) is 0 Å². The Morgan fingerprint density at radius 1 is 0.958 bits per heavy atom. The minimum absolute atomic E-state index is 0.0191. The lowest BCUT2D eigenvalue weighted by atomic mass is 9.86. The molecule has 0 bridgehead atoms. The number of halogens is 2. The Morgan fingerprint density at radius 2 is 1.54 bits per heavy atom. The second kappa shape index (κ2) is 7.91. The molecule has 1 nitrogen and oxygen atoms in total. The maximum absolute atomic E-state index is 14.2. The highest BCUT2D eigenvalue weighted by Gasteiger charge is 2.26. The minimum Gasteiger partial charge on any atom is -0.358 e. The molecule has 0 radical (unpaired) electrons. The summed E-state index contributed by atoms with van der Waals surface area (Å²) in [6, 6.07) is 13.6. The van der Waals surface area contributed by atoms with E-state index in [0.717, 1.165) is 16.8 Å². The molecule has 3 rings (SSSR count). The first-order valence-corrected chi connectivity index (χ1v) is 8.26. The van der Waals surface area contributed by atoms with E-state index in [9.17, 15) is 8.78 Å². The number of benzene rings is 2. The van der Waals surface area contributed by atoms with Gasteiger partial charge in [0.15, 0.2) is 0 Å². The summed E-state index contributed by atoms with van der Waals surface area (Å²) < 4.78 is 28.4. The molecule has 0 aliphatic carbocycles. The monoisotopic (exact) mass is 327 g/mol. The summed E-state index contributed by atoms with van der Waals surface area (Å²) in [7, 11) is 0. The van der Waals surface area contributed by atoms with Gasteiger partial charge in [-0.25, -0.2) is 8.78 Å². The van der Waals surface area contributed by atoms with Crippen LogP contribution >= 0.6 is 0 Å². The standard InChI is InChI=1S/C19H17F2N.C2H6/c1-12-11-15(14-7-4-3-5-8-14)19(22-13(12)2)18-16(20)9-6-10-17(18)21;1-2/h3-10,12,22H,2,11H2,1H3;1-2H3. The lowest BCUT2D eigenvalue weighted by Crippen LogP contribution is -2.25. The third kappa shape index (κ3) is 3.56. The number of hydrogen-bond acceptors (Lipinski definition) is 1. The van der Waals surface area contributed by atoms with E-state index in [0.29, 0.717) is 12.1 Å². The van der Waals surface area contributed by atoms with Crippen LogP contribution in [0.4, 0.5) is 8.78 Å². The molecule has 2 aromatic carbocycles. The normalized spacial score (nSPS) is 17.0. The van der Waals surface area contributed by atoms with Crippen LogP contribution in [0.25, 0.3) is 11.3 Å². The summed E-state index contributed by atoms with van der Waals surface area (Å²) >= 11 is 0. The Bertz CT molecular complexity index is 727. The molecule has 1 heterocycles. The van der Waals surface area contributed by atoms with E-state index in [1.165, 1.54) is 18.2 Å². The molecule has 3 heteroatoms. The topological polar surface area (TPSA) is 12.0 Å². The zero-order valence-electron chi connectivity index (χ0n) is 14.4. The largest absolute Gasteiger partial charge is 0.358 e. The van der Waals surface area contributed by atoms with Gasteiger partial charge in [-0.15, -0.1) is 0 Å². The van der Waals surface area contributed by atoms with Crippen molar-refractivity contribution in [3.63, 3.8) is 0 Å². The quantitative estimate of drug-likeness (QED) is 0.713. The molecule has 0 amide bonds. The van der Waals surface area contributed by atoms with Crippen LogP contribution in [0.3, 0.4) is 0 Å². The van der Waals surface area contributed by atoms with Gasteiger partial charge in [0.1, 0.15) is 11.6 Å². The van der Waals surface area contributed by atoms with Crippen molar-refractivity contribution in [2.75, 3.05) is 0 Å². The van der Waals surface area contributed by atoms with Gasteiger partial charge in [0.2, 0.25) is 0 Å². The molecule has 0 saturated heterocycles. The van der Waals surface area contributed by atoms with Crippen molar-refractivity contribution in [1.82, 2.24) is 5.32 Å². The molecule has 1 N–H and O–H groups in total. The van der Waals surface area contributed by atoms with E-state index in [-0.39, 0.29) is 11.5 Å². The Hall–Kier alpha value is -2.42. The summed E-state index contributed by atoms with van der Waals surface area (Å²) in [6.07, 6.45) is 0.693. The molecule has 0 aromatic heterocycles. The molecule has 24 heavy (non-hydrogen) atoms. The zero-order valence-corrected chi connectivity index (χ0v) is 14.4. The van der Waals surface area contributed by atoms with Gasteiger partial charge in [0, 0.05) is 5.70 Å². The first-order chi connectivity index (χ1) is 11.6. The predicted molar refractivity (Wildman–Crippen MR) is 97.0 cm³/mol. The number of allylic oxidation sites excluding steroid dienone is 2. The van der Waals surface area contributed by atoms with E-state index in [2.05, 4.69) is 11.9 Å². The summed E-state index contributed by atoms with van der Waals surface area (Å²) in [6.45, 7) is 10.0. The minimum atomic E-state index is -0.571. The summed E-state index contributed by atoms with van der Waals surface area (Å²) in [4.78, 5) is 0. The van der Waals surface area contributed by atoms with Gasteiger partial charge in [-0.1, -0.05) is 63.7 Å². The lowest BCUT2D eigenvalue weighted by molar-refractivity contribution is 0.570. The third-order valence-electron chi connectivity index (χ3n) is 4.03. The molecule has 0 spiro atoms. The van der Waals surface area contributed by atoms with Gasteiger partial charge in [-0.2, -0.15) is 0 Å². The van der Waals surface area contributed by atoms with Gasteiger partial charge in [0.05, 0.1) is 11.3 Å². The van der Waals surface area contributed by atoms with E-state index in [1.54, 1.807) is 0 Å². The molecule has 2 aromatic rings. The number of nitrogens with one attached hydrogen (secondary N) is 1. The fourth-order valence-electron chi connectivity index (χ4n) is 2.74. The fraction of sp³-hybridized carbons (Fsp3) is 0.238. The van der Waals surface area contributed by atoms with E-state index >= 15 is 0 Å². The van der Waals surface area contributed by atoms with Crippen molar-refractivity contribution in [2.45, 2.75) is 27.2 Å². The van der Waals surface area contributed by atoms with Crippen molar-refractivity contribution in [1.29, 1.82) is 0 Å². The van der Waals surface area contributed by atoms with Gasteiger partial charge in [-0.3, -0.25) is 0 Å². The Morgan fingerprint density at radius 3 is 2.12 bits per heavy atom. The Balaban J connectivity index is 0.00000100. The summed E-state index contributed by atoms with van der Waals surface area (Å²) in [5.41, 5.74) is 3.10. The Kier molecular flexibility index (Phi) is 5.91. The van der Waals surface area contributed by atoms with E-state index in [1.807, 2.05) is 51.1 Å². The highest BCUT2D eigenvalue weighted by Crippen LogP contribution is 2.38. The summed E-state index contributed by atoms with van der Waals surface area (Å²) in [5, 5.41) is 3.12. The predicted octanol–water partition coefficient (Wildman–Crippen LogP) is 6.00. The Labute approximate surface area is 142 Å². The van der Waals surface area contributed by atoms with Crippen LogP contribution < -0.4 is 5.32 Å². The molecule has 1 aliphatic heterocycles. The lowest BCUT2D eigenvalue weighted by Gasteiger charge is -2.29. The maximum atomic E-state index is 14.2. The SMILES string of the molecule is C=C1NC(c2c(F)cccc2F)=C(c2ccccc2)CC1C.CC. The molecule has 1 aliphatic rings. The molecular formula is C21H23F2N. The molecule has 0 fully saturated rings. The zero-order chi connectivity index (χ0) is 17.7. The molecule has 1 atom stereocenters. The highest BCUT2D eigenvalue weighted by atomic mass is 19.1. The van der Waals surface area contributed by atoms with Crippen LogP contribution in [0.5, 0.6) is 0 Å². The van der Waals surface area contributed by atoms with Gasteiger partial charge in [-0.05, 0) is 35.6 Å². The van der Waals surface area contributed by atoms with Crippen molar-refractivity contribution in [3.8, 4) is 0 Å². The average Bonchev–Trinajstić information content (AvgIpc) is 2.60. The summed E-state index contributed by atoms with van der Waals surface area (Å²) in [5.74, 6) is -0.939. The first-order valence-electron chi connectivity index (χ1n) is 8.26. The molecule has 1 unspecified atom stereocenters. The van der Waals surface area contributed by atoms with Crippen LogP contribution in [0.1, 0.15) is 38.3 Å². The second-order valence-electron chi connectivity index (χ2n) is 5.57. The fourth-order valence-corrected chi connectivity index (χ4v) is 2.74. The second-order valence-corrected chi connectivity index (χ2v) is 5.57. The van der Waals surface area contributed by atoms with Crippen LogP contribution in [0.2, 0.25) is 0 Å². The number of rotatable bonds is 2. The van der Waals surface area contributed by atoms with Gasteiger partial charge in [0.25, 0.3) is 0 Å². The average molecular weight is 327 g/mol. The van der Waals surface area contributed by atoms with Gasteiger partial charge >= 0.3 is 0 Å². The molecule has 126 valence electrons. The van der Waals surface area contributed by atoms with Crippen LogP contribution in [-0.4, -0.2) is 0 Å². The molecular weight excluding hydrogens is 304 g/mol. The van der Waals surface area contributed by atoms with E-state index in [4.69, 9.17) is 0 Å². The first kappa shape index (κ1) is 17.9. The number of hydrogen-bond donors (Lipinski definition) is 1. The van der Waals surface area contributed by atoms with Crippen molar-refractivity contribution < 1.29 is 8.78 Å². The van der Waals surface area contributed by atoms with Crippen molar-refractivity contribution in [2.24, 2.45) is 5.92 Å². The van der Waals surface area contributed by atoms with Crippen LogP contribution in [0, 0.1) is 17.6 Å².